The van der Waals surface area contributed by atoms with Crippen LogP contribution in [0.15, 0.2) is 27.2 Å². The number of methoxy groups -OCH3 is 1. The fraction of sp³-hybridized carbons (Fsp3) is 0.385. The fourth-order valence-electron chi connectivity index (χ4n) is 1.66. The third-order valence-corrected chi connectivity index (χ3v) is 3.70. The molecule has 6 heteroatoms. The molecule has 0 bridgehead atoms. The third kappa shape index (κ3) is 3.28. The topological polar surface area (TPSA) is 48.2 Å². The van der Waals surface area contributed by atoms with Gasteiger partial charge < -0.3 is 9.26 Å². The Labute approximate surface area is 125 Å². The lowest BCUT2D eigenvalue weighted by Gasteiger charge is -2.03. The molecular weight excluding hydrogens is 332 g/mol. The number of alkyl halides is 1. The molecule has 1 unspecified atom stereocenters. The van der Waals surface area contributed by atoms with Crippen LogP contribution in [0.5, 0.6) is 5.75 Å². The van der Waals surface area contributed by atoms with E-state index in [9.17, 15) is 0 Å². The first kappa shape index (κ1) is 14.3. The van der Waals surface area contributed by atoms with E-state index in [1.807, 2.05) is 18.2 Å². The van der Waals surface area contributed by atoms with E-state index < -0.39 is 0 Å². The number of hydrogen-bond donors (Lipinski definition) is 0. The average molecular weight is 346 g/mol. The first-order valence-corrected chi connectivity index (χ1v) is 7.20. The van der Waals surface area contributed by atoms with Crippen LogP contribution in [-0.4, -0.2) is 17.3 Å². The standard InChI is InChI=1S/C13H14BrClN2O2/c1-3-4-10(15)12-16-13(19-17-12)8-5-6-11(18-2)9(14)7-8/h5-7,10H,3-4H2,1-2H3. The molecule has 1 heterocycles. The van der Waals surface area contributed by atoms with E-state index in [0.717, 1.165) is 28.6 Å². The van der Waals surface area contributed by atoms with Gasteiger partial charge in [-0.25, -0.2) is 0 Å². The Bertz CT molecular complexity index is 559. The molecule has 1 aromatic carbocycles. The smallest absolute Gasteiger partial charge is 0.258 e. The van der Waals surface area contributed by atoms with Crippen molar-refractivity contribution < 1.29 is 9.26 Å². The van der Waals surface area contributed by atoms with E-state index in [1.165, 1.54) is 0 Å². The Morgan fingerprint density at radius 3 is 2.89 bits per heavy atom. The zero-order valence-corrected chi connectivity index (χ0v) is 13.0. The highest BCUT2D eigenvalue weighted by Crippen LogP contribution is 2.31. The second-order valence-electron chi connectivity index (χ2n) is 4.06. The summed E-state index contributed by atoms with van der Waals surface area (Å²) in [5.41, 5.74) is 0.826. The monoisotopic (exact) mass is 344 g/mol. The zero-order chi connectivity index (χ0) is 13.8. The highest BCUT2D eigenvalue weighted by molar-refractivity contribution is 9.10. The van der Waals surface area contributed by atoms with Crippen LogP contribution < -0.4 is 4.74 Å². The van der Waals surface area contributed by atoms with Crippen molar-refractivity contribution in [3.8, 4) is 17.2 Å². The number of rotatable bonds is 5. The molecule has 1 atom stereocenters. The first-order chi connectivity index (χ1) is 9.15. The lowest BCUT2D eigenvalue weighted by molar-refractivity contribution is 0.411. The number of benzene rings is 1. The summed E-state index contributed by atoms with van der Waals surface area (Å²) < 4.78 is 11.3. The highest BCUT2D eigenvalue weighted by Gasteiger charge is 2.16. The van der Waals surface area contributed by atoms with Crippen LogP contribution in [0.25, 0.3) is 11.5 Å². The van der Waals surface area contributed by atoms with Gasteiger partial charge >= 0.3 is 0 Å². The van der Waals surface area contributed by atoms with Crippen LogP contribution in [0.4, 0.5) is 0 Å². The van der Waals surface area contributed by atoms with Crippen LogP contribution in [0.3, 0.4) is 0 Å². The molecule has 2 rings (SSSR count). The summed E-state index contributed by atoms with van der Waals surface area (Å²) in [6.07, 6.45) is 1.80. The molecule has 0 aliphatic heterocycles. The van der Waals surface area contributed by atoms with Crippen molar-refractivity contribution in [2.24, 2.45) is 0 Å². The van der Waals surface area contributed by atoms with Crippen LogP contribution in [0, 0.1) is 0 Å². The van der Waals surface area contributed by atoms with Crippen LogP contribution in [-0.2, 0) is 0 Å². The summed E-state index contributed by atoms with van der Waals surface area (Å²) in [5, 5.41) is 3.71. The zero-order valence-electron chi connectivity index (χ0n) is 10.7. The van der Waals surface area contributed by atoms with Crippen molar-refractivity contribution in [1.29, 1.82) is 0 Å². The van der Waals surface area contributed by atoms with Crippen molar-refractivity contribution in [3.05, 3.63) is 28.5 Å². The molecule has 2 aromatic rings. The summed E-state index contributed by atoms with van der Waals surface area (Å²) in [7, 11) is 1.62. The molecule has 0 fully saturated rings. The van der Waals surface area contributed by atoms with Crippen molar-refractivity contribution >= 4 is 27.5 Å². The maximum absolute atomic E-state index is 6.17. The Balaban J connectivity index is 2.25. The summed E-state index contributed by atoms with van der Waals surface area (Å²) in [4.78, 5) is 4.32. The molecule has 0 saturated carbocycles. The maximum Gasteiger partial charge on any atom is 0.258 e. The van der Waals surface area contributed by atoms with Crippen molar-refractivity contribution in [2.45, 2.75) is 25.1 Å². The normalized spacial score (nSPS) is 12.4. The molecule has 0 aliphatic carbocycles. The van der Waals surface area contributed by atoms with Gasteiger partial charge in [0.05, 0.1) is 17.0 Å². The van der Waals surface area contributed by atoms with Crippen LogP contribution >= 0.6 is 27.5 Å². The van der Waals surface area contributed by atoms with Gasteiger partial charge in [0.15, 0.2) is 5.82 Å². The summed E-state index contributed by atoms with van der Waals surface area (Å²) in [6.45, 7) is 2.07. The van der Waals surface area contributed by atoms with E-state index in [1.54, 1.807) is 7.11 Å². The number of halogens is 2. The van der Waals surface area contributed by atoms with Gasteiger partial charge in [-0.05, 0) is 40.5 Å². The molecule has 0 saturated heterocycles. The largest absolute Gasteiger partial charge is 0.496 e. The molecular formula is C13H14BrClN2O2. The Morgan fingerprint density at radius 2 is 2.26 bits per heavy atom. The van der Waals surface area contributed by atoms with Crippen molar-refractivity contribution in [2.75, 3.05) is 7.11 Å². The predicted molar refractivity (Wildman–Crippen MR) is 77.5 cm³/mol. The maximum atomic E-state index is 6.17. The van der Waals surface area contributed by atoms with E-state index in [0.29, 0.717) is 11.7 Å². The van der Waals surface area contributed by atoms with Gasteiger partial charge in [0.2, 0.25) is 0 Å². The summed E-state index contributed by atoms with van der Waals surface area (Å²) >= 11 is 9.60. The van der Waals surface area contributed by atoms with Gasteiger partial charge in [-0.3, -0.25) is 0 Å². The lowest BCUT2D eigenvalue weighted by Crippen LogP contribution is -1.92. The molecule has 1 aromatic heterocycles. The molecule has 4 nitrogen and oxygen atoms in total. The van der Waals surface area contributed by atoms with Crippen LogP contribution in [0.1, 0.15) is 31.0 Å². The number of hydrogen-bond acceptors (Lipinski definition) is 4. The fourth-order valence-corrected chi connectivity index (χ4v) is 2.51. The van der Waals surface area contributed by atoms with Gasteiger partial charge in [-0.2, -0.15) is 4.98 Å². The molecule has 0 aliphatic rings. The quantitative estimate of drug-likeness (QED) is 0.744. The van der Waals surface area contributed by atoms with Crippen molar-refractivity contribution in [1.82, 2.24) is 10.1 Å². The number of aromatic nitrogens is 2. The molecule has 0 N–H and O–H groups in total. The molecule has 0 radical (unpaired) electrons. The minimum Gasteiger partial charge on any atom is -0.496 e. The van der Waals surface area contributed by atoms with Gasteiger partial charge in [0.25, 0.3) is 5.89 Å². The van der Waals surface area contributed by atoms with E-state index in [4.69, 9.17) is 20.9 Å². The molecule has 0 spiro atoms. The Kier molecular flexibility index (Phi) is 4.82. The van der Waals surface area contributed by atoms with E-state index >= 15 is 0 Å². The summed E-state index contributed by atoms with van der Waals surface area (Å²) in [6, 6.07) is 5.58. The second-order valence-corrected chi connectivity index (χ2v) is 5.44. The number of ether oxygens (including phenoxy) is 1. The number of nitrogens with zero attached hydrogens (tertiary/aromatic N) is 2. The Hall–Kier alpha value is -1.07. The predicted octanol–water partition coefficient (Wildman–Crippen LogP) is 4.59. The second kappa shape index (κ2) is 6.39. The van der Waals surface area contributed by atoms with Gasteiger partial charge in [0, 0.05) is 5.56 Å². The van der Waals surface area contributed by atoms with E-state index in [-0.39, 0.29) is 5.38 Å². The molecule has 102 valence electrons. The lowest BCUT2D eigenvalue weighted by atomic mass is 10.2. The van der Waals surface area contributed by atoms with E-state index in [2.05, 4.69) is 33.0 Å². The highest BCUT2D eigenvalue weighted by atomic mass is 79.9. The van der Waals surface area contributed by atoms with Gasteiger partial charge in [0.1, 0.15) is 5.75 Å². The molecule has 19 heavy (non-hydrogen) atoms. The minimum atomic E-state index is -0.204. The first-order valence-electron chi connectivity index (χ1n) is 5.97. The third-order valence-electron chi connectivity index (χ3n) is 2.66. The molecule has 0 amide bonds. The van der Waals surface area contributed by atoms with Gasteiger partial charge in [-0.1, -0.05) is 18.5 Å². The SMILES string of the molecule is CCCC(Cl)c1noc(-c2ccc(OC)c(Br)c2)n1. The average Bonchev–Trinajstić information content (AvgIpc) is 2.88. The van der Waals surface area contributed by atoms with Crippen molar-refractivity contribution in [3.63, 3.8) is 0 Å². The summed E-state index contributed by atoms with van der Waals surface area (Å²) in [5.74, 6) is 1.75. The van der Waals surface area contributed by atoms with Gasteiger partial charge in [-0.15, -0.1) is 11.6 Å². The van der Waals surface area contributed by atoms with Crippen LogP contribution in [0.2, 0.25) is 0 Å². The minimum absolute atomic E-state index is 0.204. The Morgan fingerprint density at radius 1 is 1.47 bits per heavy atom.